The van der Waals surface area contributed by atoms with Crippen molar-refractivity contribution in [2.75, 3.05) is 0 Å². The first-order valence-corrected chi connectivity index (χ1v) is 15.5. The molecule has 0 nitrogen and oxygen atoms in total. The third-order valence-corrected chi connectivity index (χ3v) is 15.8. The van der Waals surface area contributed by atoms with Crippen LogP contribution in [0, 0.1) is 0 Å². The molecule has 0 aromatic heterocycles. The van der Waals surface area contributed by atoms with Gasteiger partial charge in [-0.05, 0) is 15.6 Å². The molecule has 0 unspecified atom stereocenters. The number of hydrogen-bond acceptors (Lipinski definition) is 0. The number of benzene rings is 1. The molecular weight excluding hydrogens is 373 g/mol. The molecule has 1 aromatic carbocycles. The summed E-state index contributed by atoms with van der Waals surface area (Å²) < 4.78 is 0. The lowest BCUT2D eigenvalue weighted by atomic mass is 10.3. The maximum Gasteiger partial charge on any atom is 0.156 e. The highest BCUT2D eigenvalue weighted by atomic mass is 28.3. The highest BCUT2D eigenvalue weighted by Crippen LogP contribution is 2.15. The fourth-order valence-electron chi connectivity index (χ4n) is 3.31. The van der Waals surface area contributed by atoms with Crippen molar-refractivity contribution in [2.45, 2.75) is 0 Å². The van der Waals surface area contributed by atoms with E-state index in [-0.39, 0.29) is 0 Å². The molecule has 0 atom stereocenters. The first-order chi connectivity index (χ1) is 12.9. The lowest BCUT2D eigenvalue weighted by Gasteiger charge is -2.32. The number of hydrogen-bond donors (Lipinski definition) is 0. The molecule has 0 aliphatic rings. The van der Waals surface area contributed by atoms with Gasteiger partial charge in [0, 0.05) is 0 Å². The lowest BCUT2D eigenvalue weighted by molar-refractivity contribution is 1.79. The molecular formula is C24H30Si3. The van der Waals surface area contributed by atoms with Gasteiger partial charge < -0.3 is 0 Å². The zero-order valence-electron chi connectivity index (χ0n) is 16.3. The Morgan fingerprint density at radius 1 is 0.444 bits per heavy atom. The Bertz CT molecular complexity index is 761. The first-order valence-electron chi connectivity index (χ1n) is 8.76. The van der Waals surface area contributed by atoms with Crippen molar-refractivity contribution in [2.24, 2.45) is 0 Å². The molecule has 1 rings (SSSR count). The molecule has 0 aliphatic carbocycles. The molecule has 138 valence electrons. The average Bonchev–Trinajstić information content (AvgIpc) is 2.74. The summed E-state index contributed by atoms with van der Waals surface area (Å²) in [6.07, 6.45) is 0. The monoisotopic (exact) mass is 402 g/mol. The predicted octanol–water partition coefficient (Wildman–Crippen LogP) is 4.18. The van der Waals surface area contributed by atoms with Crippen LogP contribution in [0.5, 0.6) is 0 Å². The van der Waals surface area contributed by atoms with E-state index in [2.05, 4.69) is 77.4 Å². The summed E-state index contributed by atoms with van der Waals surface area (Å²) in [5, 5.41) is 3.59. The summed E-state index contributed by atoms with van der Waals surface area (Å²) in [6, 6.07) is 6.59. The maximum atomic E-state index is 4.11. The maximum absolute atomic E-state index is 4.11. The molecule has 0 bridgehead atoms. The van der Waals surface area contributed by atoms with Gasteiger partial charge in [0.1, 0.15) is 0 Å². The van der Waals surface area contributed by atoms with Gasteiger partial charge in [-0.15, -0.1) is 59.2 Å². The van der Waals surface area contributed by atoms with Gasteiger partial charge in [0.25, 0.3) is 0 Å². The molecule has 0 saturated heterocycles. The van der Waals surface area contributed by atoms with Crippen molar-refractivity contribution in [1.82, 2.24) is 0 Å². The van der Waals surface area contributed by atoms with Crippen LogP contribution in [-0.4, -0.2) is 24.2 Å². The van der Waals surface area contributed by atoms with E-state index in [1.807, 2.05) is 51.3 Å². The van der Waals surface area contributed by atoms with Crippen molar-refractivity contribution in [1.29, 1.82) is 0 Å². The summed E-state index contributed by atoms with van der Waals surface area (Å²) in [7, 11) is -6.84. The Kier molecular flexibility index (Phi) is 7.48. The minimum atomic E-state index is -2.34. The zero-order chi connectivity index (χ0) is 20.7. The van der Waals surface area contributed by atoms with E-state index in [1.54, 1.807) is 0 Å². The summed E-state index contributed by atoms with van der Waals surface area (Å²) in [4.78, 5) is 0. The predicted molar refractivity (Wildman–Crippen MR) is 134 cm³/mol. The molecule has 0 heterocycles. The zero-order valence-corrected chi connectivity index (χ0v) is 19.3. The van der Waals surface area contributed by atoms with Crippen molar-refractivity contribution in [3.8, 4) is 0 Å². The SMILES string of the molecule is C=C[Si](C=C)(C=C)c1ccc([Si](C=C)(C=C)C=C)c([Si](C=C)(C=C)C=C)c1. The molecule has 0 radical (unpaired) electrons. The third-order valence-electron chi connectivity index (χ3n) is 5.49. The van der Waals surface area contributed by atoms with Crippen molar-refractivity contribution in [3.63, 3.8) is 0 Å². The Hall–Kier alpha value is -2.47. The Morgan fingerprint density at radius 2 is 0.778 bits per heavy atom. The molecule has 0 saturated carbocycles. The highest BCUT2D eigenvalue weighted by Gasteiger charge is 2.37. The quantitative estimate of drug-likeness (QED) is 0.460. The smallest absolute Gasteiger partial charge is 0.106 e. The second kappa shape index (κ2) is 8.95. The summed E-state index contributed by atoms with van der Waals surface area (Å²) in [5.41, 5.74) is 18.0. The van der Waals surface area contributed by atoms with Gasteiger partial charge in [-0.1, -0.05) is 69.5 Å². The molecule has 0 N–H and O–H groups in total. The normalized spacial score (nSPS) is 11.6. The van der Waals surface area contributed by atoms with Gasteiger partial charge in [0.05, 0.1) is 0 Å². The third kappa shape index (κ3) is 3.54. The molecule has 1 aromatic rings. The molecule has 0 aliphatic heterocycles. The second-order valence-corrected chi connectivity index (χ2v) is 17.3. The fourth-order valence-corrected chi connectivity index (χ4v) is 10.9. The van der Waals surface area contributed by atoms with Crippen molar-refractivity contribution >= 4 is 39.8 Å². The van der Waals surface area contributed by atoms with Crippen LogP contribution in [0.1, 0.15) is 0 Å². The van der Waals surface area contributed by atoms with Gasteiger partial charge in [-0.25, -0.2) is 0 Å². The van der Waals surface area contributed by atoms with Crippen LogP contribution < -0.4 is 15.6 Å². The molecule has 0 amide bonds. The van der Waals surface area contributed by atoms with Crippen LogP contribution >= 0.6 is 0 Å². The van der Waals surface area contributed by atoms with Crippen molar-refractivity contribution < 1.29 is 0 Å². The van der Waals surface area contributed by atoms with Gasteiger partial charge in [-0.2, -0.15) is 0 Å². The van der Waals surface area contributed by atoms with Gasteiger partial charge in [0.2, 0.25) is 0 Å². The largest absolute Gasteiger partial charge is 0.156 e. The van der Waals surface area contributed by atoms with Crippen LogP contribution in [-0.2, 0) is 0 Å². The number of rotatable bonds is 12. The Labute approximate surface area is 168 Å². The van der Waals surface area contributed by atoms with Gasteiger partial charge >= 0.3 is 0 Å². The van der Waals surface area contributed by atoms with Crippen LogP contribution in [0.4, 0.5) is 0 Å². The van der Waals surface area contributed by atoms with E-state index in [0.29, 0.717) is 0 Å². The fraction of sp³-hybridized carbons (Fsp3) is 0. The van der Waals surface area contributed by atoms with Crippen LogP contribution in [0.3, 0.4) is 0 Å². The van der Waals surface area contributed by atoms with E-state index < -0.39 is 24.2 Å². The molecule has 27 heavy (non-hydrogen) atoms. The highest BCUT2D eigenvalue weighted by molar-refractivity contribution is 7.12. The minimum Gasteiger partial charge on any atom is -0.106 e. The van der Waals surface area contributed by atoms with Gasteiger partial charge in [0.15, 0.2) is 24.2 Å². The topological polar surface area (TPSA) is 0 Å². The Morgan fingerprint density at radius 3 is 1.11 bits per heavy atom. The standard InChI is InChI=1S/C24H30Si3/c1-10-25(11-2,12-3)22-19-20-23(26(13-4,14-5)15-6)24(21-22)27(16-7,17-8)18-9/h10-21H,1-9H2. The van der Waals surface area contributed by atoms with Crippen LogP contribution in [0.15, 0.2) is 129 Å². The summed E-state index contributed by atoms with van der Waals surface area (Å²) >= 11 is 0. The van der Waals surface area contributed by atoms with Crippen LogP contribution in [0.25, 0.3) is 0 Å². The first kappa shape index (κ1) is 22.6. The van der Waals surface area contributed by atoms with E-state index >= 15 is 0 Å². The summed E-state index contributed by atoms with van der Waals surface area (Å²) in [5.74, 6) is 0. The van der Waals surface area contributed by atoms with E-state index in [1.165, 1.54) is 15.6 Å². The second-order valence-electron chi connectivity index (χ2n) is 6.40. The van der Waals surface area contributed by atoms with Gasteiger partial charge in [-0.3, -0.25) is 0 Å². The van der Waals surface area contributed by atoms with Crippen molar-refractivity contribution in [3.05, 3.63) is 129 Å². The van der Waals surface area contributed by atoms with E-state index in [4.69, 9.17) is 0 Å². The lowest BCUT2D eigenvalue weighted by Crippen LogP contribution is -2.62. The molecule has 3 heteroatoms. The van der Waals surface area contributed by atoms with E-state index in [0.717, 1.165) is 0 Å². The average molecular weight is 403 g/mol. The Balaban J connectivity index is 4.13. The summed E-state index contributed by atoms with van der Waals surface area (Å²) in [6.45, 7) is 36.8. The van der Waals surface area contributed by atoms with Crippen LogP contribution in [0.2, 0.25) is 0 Å². The van der Waals surface area contributed by atoms with E-state index in [9.17, 15) is 0 Å². The minimum absolute atomic E-state index is 1.18. The molecule has 0 spiro atoms. The molecule has 0 fully saturated rings.